The highest BCUT2D eigenvalue weighted by Crippen LogP contribution is 2.24. The smallest absolute Gasteiger partial charge is 0.335 e. The van der Waals surface area contributed by atoms with Crippen LogP contribution in [0.4, 0.5) is 0 Å². The second-order valence-corrected chi connectivity index (χ2v) is 5.74. The van der Waals surface area contributed by atoms with E-state index in [0.29, 0.717) is 25.9 Å². The van der Waals surface area contributed by atoms with Gasteiger partial charge in [0.15, 0.2) is 5.22 Å². The molecule has 1 N–H and O–H groups in total. The van der Waals surface area contributed by atoms with Gasteiger partial charge in [0.2, 0.25) is 0 Å². The zero-order valence-corrected chi connectivity index (χ0v) is 10.9. The molecule has 0 aromatic carbocycles. The van der Waals surface area contributed by atoms with Crippen molar-refractivity contribution in [2.45, 2.75) is 44.3 Å². The van der Waals surface area contributed by atoms with Gasteiger partial charge in [0, 0.05) is 13.0 Å². The number of carbonyl (C=O) groups is 2. The molecule has 0 aliphatic carbocycles. The summed E-state index contributed by atoms with van der Waals surface area (Å²) in [5, 5.41) is 7.97. The van der Waals surface area contributed by atoms with Gasteiger partial charge in [-0.3, -0.25) is 4.79 Å². The first-order valence-electron chi connectivity index (χ1n) is 5.64. The fourth-order valence-electron chi connectivity index (χ4n) is 1.67. The van der Waals surface area contributed by atoms with E-state index in [1.54, 1.807) is 0 Å². The molecular formula is C10H18O5Si. The van der Waals surface area contributed by atoms with Gasteiger partial charge in [0.1, 0.15) is 0 Å². The standard InChI is InChI=1S/C10H18O5Si/c1-2-5-8(11)15-16-10(9(12)13)6-3-4-7-14-10/h2-7,16H2,1H3,(H,12,13). The van der Waals surface area contributed by atoms with Gasteiger partial charge in [-0.15, -0.1) is 0 Å². The van der Waals surface area contributed by atoms with Gasteiger partial charge in [-0.2, -0.15) is 0 Å². The Labute approximate surface area is 97.1 Å². The van der Waals surface area contributed by atoms with Crippen molar-refractivity contribution in [2.75, 3.05) is 6.61 Å². The van der Waals surface area contributed by atoms with Crippen LogP contribution in [0.25, 0.3) is 0 Å². The maximum absolute atomic E-state index is 11.2. The average Bonchev–Trinajstić information content (AvgIpc) is 2.28. The topological polar surface area (TPSA) is 72.8 Å². The summed E-state index contributed by atoms with van der Waals surface area (Å²) in [7, 11) is -1.53. The molecule has 0 spiro atoms. The molecule has 0 radical (unpaired) electrons. The molecule has 1 rings (SSSR count). The van der Waals surface area contributed by atoms with Gasteiger partial charge in [-0.1, -0.05) is 6.92 Å². The summed E-state index contributed by atoms with van der Waals surface area (Å²) in [6.45, 7) is 2.33. The highest BCUT2D eigenvalue weighted by atomic mass is 28.2. The molecule has 1 unspecified atom stereocenters. The van der Waals surface area contributed by atoms with E-state index in [9.17, 15) is 9.59 Å². The Kier molecular flexibility index (Phi) is 4.95. The van der Waals surface area contributed by atoms with Crippen LogP contribution in [0.5, 0.6) is 0 Å². The van der Waals surface area contributed by atoms with Crippen molar-refractivity contribution in [2.24, 2.45) is 0 Å². The summed E-state index contributed by atoms with van der Waals surface area (Å²) in [6.07, 6.45) is 3.24. The van der Waals surface area contributed by atoms with E-state index in [1.165, 1.54) is 0 Å². The number of hydrogen-bond donors (Lipinski definition) is 1. The number of ether oxygens (including phenoxy) is 1. The van der Waals surface area contributed by atoms with Crippen molar-refractivity contribution >= 4 is 21.7 Å². The molecule has 0 saturated carbocycles. The second-order valence-electron chi connectivity index (χ2n) is 4.02. The van der Waals surface area contributed by atoms with Crippen molar-refractivity contribution in [3.05, 3.63) is 0 Å². The lowest BCUT2D eigenvalue weighted by Crippen LogP contribution is -2.51. The largest absolute Gasteiger partial charge is 0.521 e. The van der Waals surface area contributed by atoms with E-state index >= 15 is 0 Å². The Balaban J connectivity index is 2.51. The maximum Gasteiger partial charge on any atom is 0.335 e. The highest BCUT2D eigenvalue weighted by molar-refractivity contribution is 6.41. The fourth-order valence-corrected chi connectivity index (χ4v) is 2.95. The summed E-state index contributed by atoms with van der Waals surface area (Å²) in [5.41, 5.74) is 0. The summed E-state index contributed by atoms with van der Waals surface area (Å²) in [6, 6.07) is 0. The van der Waals surface area contributed by atoms with Crippen molar-refractivity contribution in [1.29, 1.82) is 0 Å². The van der Waals surface area contributed by atoms with E-state index in [4.69, 9.17) is 14.3 Å². The van der Waals surface area contributed by atoms with Gasteiger partial charge in [0.05, 0.1) is 0 Å². The summed E-state index contributed by atoms with van der Waals surface area (Å²) < 4.78 is 10.4. The zero-order chi connectivity index (χ0) is 12.0. The van der Waals surface area contributed by atoms with E-state index < -0.39 is 21.0 Å². The first kappa shape index (κ1) is 13.2. The van der Waals surface area contributed by atoms with Crippen molar-refractivity contribution in [3.8, 4) is 0 Å². The molecule has 5 nitrogen and oxygen atoms in total. The number of carbonyl (C=O) groups excluding carboxylic acids is 1. The molecule has 0 aromatic rings. The normalized spacial score (nSPS) is 25.8. The third-order valence-corrected chi connectivity index (χ3v) is 4.46. The van der Waals surface area contributed by atoms with Crippen LogP contribution in [0.2, 0.25) is 0 Å². The first-order valence-corrected chi connectivity index (χ1v) is 6.92. The summed E-state index contributed by atoms with van der Waals surface area (Å²) in [4.78, 5) is 22.4. The number of carboxylic acid groups (broad SMARTS) is 1. The number of carboxylic acids is 1. The molecule has 0 aromatic heterocycles. The molecular weight excluding hydrogens is 228 g/mol. The Bertz CT molecular complexity index is 260. The SMILES string of the molecule is CCCC(=O)O[SiH2]C1(C(=O)O)CCCCO1. The molecule has 0 bridgehead atoms. The summed E-state index contributed by atoms with van der Waals surface area (Å²) >= 11 is 0. The quantitative estimate of drug-likeness (QED) is 0.711. The van der Waals surface area contributed by atoms with E-state index in [2.05, 4.69) is 0 Å². The molecule has 1 fully saturated rings. The Morgan fingerprint density at radius 3 is 2.75 bits per heavy atom. The van der Waals surface area contributed by atoms with Gasteiger partial charge < -0.3 is 14.3 Å². The van der Waals surface area contributed by atoms with Crippen molar-refractivity contribution in [3.63, 3.8) is 0 Å². The number of aliphatic carboxylic acids is 1. The molecule has 1 heterocycles. The molecule has 1 aliphatic rings. The van der Waals surface area contributed by atoms with Crippen LogP contribution < -0.4 is 0 Å². The number of hydrogen-bond acceptors (Lipinski definition) is 4. The minimum atomic E-state index is -1.53. The predicted molar refractivity (Wildman–Crippen MR) is 59.7 cm³/mol. The maximum atomic E-state index is 11.2. The third-order valence-electron chi connectivity index (χ3n) is 2.66. The minimum Gasteiger partial charge on any atom is -0.521 e. The van der Waals surface area contributed by atoms with Crippen molar-refractivity contribution in [1.82, 2.24) is 0 Å². The molecule has 6 heteroatoms. The average molecular weight is 246 g/mol. The molecule has 92 valence electrons. The van der Waals surface area contributed by atoms with Crippen LogP contribution >= 0.6 is 0 Å². The Morgan fingerprint density at radius 2 is 2.25 bits per heavy atom. The van der Waals surface area contributed by atoms with Crippen LogP contribution in [0.1, 0.15) is 39.0 Å². The van der Waals surface area contributed by atoms with Gasteiger partial charge in [-0.05, 0) is 25.7 Å². The van der Waals surface area contributed by atoms with E-state index in [0.717, 1.165) is 12.8 Å². The predicted octanol–water partition coefficient (Wildman–Crippen LogP) is 0.395. The first-order chi connectivity index (χ1) is 7.60. The van der Waals surface area contributed by atoms with Crippen molar-refractivity contribution < 1.29 is 23.9 Å². The van der Waals surface area contributed by atoms with Gasteiger partial charge in [-0.25, -0.2) is 4.79 Å². The molecule has 1 atom stereocenters. The van der Waals surface area contributed by atoms with Gasteiger partial charge >= 0.3 is 5.97 Å². The second kappa shape index (κ2) is 6.00. The Hall–Kier alpha value is -0.883. The van der Waals surface area contributed by atoms with Crippen LogP contribution in [0, 0.1) is 0 Å². The van der Waals surface area contributed by atoms with Gasteiger partial charge in [0.25, 0.3) is 15.7 Å². The molecule has 1 saturated heterocycles. The monoisotopic (exact) mass is 246 g/mol. The minimum absolute atomic E-state index is 0.302. The van der Waals surface area contributed by atoms with Crippen LogP contribution in [0.3, 0.4) is 0 Å². The molecule has 1 aliphatic heterocycles. The van der Waals surface area contributed by atoms with E-state index in [-0.39, 0.29) is 5.97 Å². The summed E-state index contributed by atoms with van der Waals surface area (Å²) in [5.74, 6) is -1.29. The number of rotatable bonds is 5. The van der Waals surface area contributed by atoms with Crippen LogP contribution in [-0.2, 0) is 18.8 Å². The zero-order valence-electron chi connectivity index (χ0n) is 9.53. The van der Waals surface area contributed by atoms with Crippen LogP contribution in [-0.4, -0.2) is 38.6 Å². The highest BCUT2D eigenvalue weighted by Gasteiger charge is 2.43. The lowest BCUT2D eigenvalue weighted by atomic mass is 10.1. The molecule has 0 amide bonds. The lowest BCUT2D eigenvalue weighted by Gasteiger charge is -2.32. The lowest BCUT2D eigenvalue weighted by molar-refractivity contribution is -0.161. The fraction of sp³-hybridized carbons (Fsp3) is 0.800. The third kappa shape index (κ3) is 3.31. The van der Waals surface area contributed by atoms with E-state index in [1.807, 2.05) is 6.92 Å². The molecule has 16 heavy (non-hydrogen) atoms. The van der Waals surface area contributed by atoms with Crippen LogP contribution in [0.15, 0.2) is 0 Å². The Morgan fingerprint density at radius 1 is 1.50 bits per heavy atom.